The van der Waals surface area contributed by atoms with Crippen LogP contribution in [0.5, 0.6) is 5.75 Å². The van der Waals surface area contributed by atoms with Crippen molar-refractivity contribution < 1.29 is 22.7 Å². The second-order valence-corrected chi connectivity index (χ2v) is 13.1. The van der Waals surface area contributed by atoms with Gasteiger partial charge in [0, 0.05) is 34.1 Å². The minimum Gasteiger partial charge on any atom is -0.495 e. The molecular weight excluding hydrogens is 621 g/mol. The molecule has 42 heavy (non-hydrogen) atoms. The number of carbonyl (C=O) groups is 2. The first-order chi connectivity index (χ1) is 19.8. The molecule has 0 saturated carbocycles. The number of nitrogens with zero attached hydrogens (tertiary/aromatic N) is 2. The zero-order valence-corrected chi connectivity index (χ0v) is 26.9. The number of hydrogen-bond acceptors (Lipinski definition) is 5. The van der Waals surface area contributed by atoms with E-state index in [4.69, 9.17) is 39.5 Å². The third kappa shape index (κ3) is 9.01. The van der Waals surface area contributed by atoms with Gasteiger partial charge in [-0.05, 0) is 54.8 Å². The Kier molecular flexibility index (Phi) is 11.9. The first-order valence-electron chi connectivity index (χ1n) is 13.2. The SMILES string of the molecule is CC[C@@H](C)NC(=O)[C@H](Cc1ccccc1)N(Cc1ccc(Cl)cc1Cl)C(=O)CN(c1cc(Cl)ccc1OC)S(C)(=O)=O. The number of ether oxygens (including phenoxy) is 1. The zero-order chi connectivity index (χ0) is 31.0. The summed E-state index contributed by atoms with van der Waals surface area (Å²) in [5.41, 5.74) is 1.45. The molecule has 226 valence electrons. The van der Waals surface area contributed by atoms with Crippen molar-refractivity contribution >= 4 is 62.3 Å². The lowest BCUT2D eigenvalue weighted by atomic mass is 10.0. The average molecular weight is 655 g/mol. The lowest BCUT2D eigenvalue weighted by molar-refractivity contribution is -0.140. The summed E-state index contributed by atoms with van der Waals surface area (Å²) in [5, 5.41) is 3.95. The Balaban J connectivity index is 2.13. The van der Waals surface area contributed by atoms with E-state index in [1.54, 1.807) is 24.3 Å². The van der Waals surface area contributed by atoms with Crippen molar-refractivity contribution in [3.63, 3.8) is 0 Å². The molecule has 0 spiro atoms. The Morgan fingerprint density at radius 3 is 2.21 bits per heavy atom. The quantitative estimate of drug-likeness (QED) is 0.245. The molecule has 0 heterocycles. The molecule has 0 aliphatic rings. The smallest absolute Gasteiger partial charge is 0.244 e. The Bertz CT molecular complexity index is 1510. The summed E-state index contributed by atoms with van der Waals surface area (Å²) in [6, 6.07) is 17.5. The van der Waals surface area contributed by atoms with Crippen LogP contribution in [0.1, 0.15) is 31.4 Å². The van der Waals surface area contributed by atoms with Gasteiger partial charge >= 0.3 is 0 Å². The van der Waals surface area contributed by atoms with E-state index >= 15 is 0 Å². The number of rotatable bonds is 13. The van der Waals surface area contributed by atoms with Crippen molar-refractivity contribution in [2.45, 2.75) is 45.3 Å². The Morgan fingerprint density at radius 1 is 0.976 bits per heavy atom. The molecule has 0 aliphatic carbocycles. The zero-order valence-electron chi connectivity index (χ0n) is 23.8. The molecule has 3 aromatic rings. The predicted octanol–water partition coefficient (Wildman–Crippen LogP) is 5.98. The van der Waals surface area contributed by atoms with Crippen molar-refractivity contribution in [3.05, 3.63) is 92.9 Å². The van der Waals surface area contributed by atoms with Gasteiger partial charge in [-0.25, -0.2) is 8.42 Å². The van der Waals surface area contributed by atoms with Gasteiger partial charge in [0.1, 0.15) is 18.3 Å². The molecule has 0 unspecified atom stereocenters. The fraction of sp³-hybridized carbons (Fsp3) is 0.333. The van der Waals surface area contributed by atoms with Gasteiger partial charge in [-0.3, -0.25) is 13.9 Å². The number of amides is 2. The summed E-state index contributed by atoms with van der Waals surface area (Å²) in [6.07, 6.45) is 1.84. The topological polar surface area (TPSA) is 96.0 Å². The summed E-state index contributed by atoms with van der Waals surface area (Å²) >= 11 is 18.8. The number of sulfonamides is 1. The highest BCUT2D eigenvalue weighted by molar-refractivity contribution is 7.92. The average Bonchev–Trinajstić information content (AvgIpc) is 2.94. The molecule has 3 rings (SSSR count). The van der Waals surface area contributed by atoms with E-state index in [1.807, 2.05) is 44.2 Å². The van der Waals surface area contributed by atoms with Crippen molar-refractivity contribution in [1.82, 2.24) is 10.2 Å². The fourth-order valence-corrected chi connectivity index (χ4v) is 5.76. The lowest BCUT2D eigenvalue weighted by Gasteiger charge is -2.34. The van der Waals surface area contributed by atoms with Crippen LogP contribution in [0.15, 0.2) is 66.7 Å². The number of anilines is 1. The number of carbonyl (C=O) groups excluding carboxylic acids is 2. The minimum absolute atomic E-state index is 0.0788. The number of hydrogen-bond donors (Lipinski definition) is 1. The molecule has 0 bridgehead atoms. The van der Waals surface area contributed by atoms with Gasteiger partial charge in [0.2, 0.25) is 21.8 Å². The van der Waals surface area contributed by atoms with Crippen molar-refractivity contribution in [2.24, 2.45) is 0 Å². The van der Waals surface area contributed by atoms with Gasteiger partial charge in [-0.15, -0.1) is 0 Å². The Hall–Kier alpha value is -2.98. The molecular formula is C30H34Cl3N3O5S. The van der Waals surface area contributed by atoms with Gasteiger partial charge < -0.3 is 15.0 Å². The van der Waals surface area contributed by atoms with Crippen LogP contribution < -0.4 is 14.4 Å². The second kappa shape index (κ2) is 15.0. The molecule has 0 saturated heterocycles. The number of methoxy groups -OCH3 is 1. The largest absolute Gasteiger partial charge is 0.495 e. The fourth-order valence-electron chi connectivity index (χ4n) is 4.28. The van der Waals surface area contributed by atoms with Crippen LogP contribution in [0, 0.1) is 0 Å². The monoisotopic (exact) mass is 653 g/mol. The predicted molar refractivity (Wildman–Crippen MR) is 169 cm³/mol. The van der Waals surface area contributed by atoms with Crippen LogP contribution in [-0.2, 0) is 32.6 Å². The van der Waals surface area contributed by atoms with E-state index in [0.717, 1.165) is 16.1 Å². The Morgan fingerprint density at radius 2 is 1.62 bits per heavy atom. The molecule has 0 aliphatic heterocycles. The molecule has 3 aromatic carbocycles. The van der Waals surface area contributed by atoms with E-state index in [9.17, 15) is 18.0 Å². The molecule has 0 radical (unpaired) electrons. The van der Waals surface area contributed by atoms with E-state index < -0.39 is 28.5 Å². The van der Waals surface area contributed by atoms with Crippen molar-refractivity contribution in [1.29, 1.82) is 0 Å². The normalized spacial score (nSPS) is 12.7. The third-order valence-corrected chi connectivity index (χ3v) is 8.67. The summed E-state index contributed by atoms with van der Waals surface area (Å²) in [6.45, 7) is 3.11. The minimum atomic E-state index is -4.01. The third-order valence-electron chi connectivity index (χ3n) is 6.72. The first-order valence-corrected chi connectivity index (χ1v) is 16.2. The van der Waals surface area contributed by atoms with Crippen LogP contribution in [0.4, 0.5) is 5.69 Å². The van der Waals surface area contributed by atoms with E-state index in [-0.39, 0.29) is 41.4 Å². The first kappa shape index (κ1) is 33.5. The van der Waals surface area contributed by atoms with Gasteiger partial charge in [-0.1, -0.05) is 78.1 Å². The molecule has 1 N–H and O–H groups in total. The van der Waals surface area contributed by atoms with Crippen molar-refractivity contribution in [2.75, 3.05) is 24.2 Å². The number of nitrogens with one attached hydrogen (secondary N) is 1. The summed E-state index contributed by atoms with van der Waals surface area (Å²) in [4.78, 5) is 29.3. The standard InChI is InChI=1S/C30H34Cl3N3O5S/c1-5-20(2)34-30(38)27(15-21-9-7-6-8-10-21)35(18-22-11-12-23(31)16-25(22)33)29(37)19-36(42(4,39)40)26-17-24(32)13-14-28(26)41-3/h6-14,16-17,20,27H,5,15,18-19H2,1-4H3,(H,34,38)/t20-,27+/m1/s1. The van der Waals surface area contributed by atoms with Gasteiger partial charge in [-0.2, -0.15) is 0 Å². The van der Waals surface area contributed by atoms with Crippen LogP contribution in [0.25, 0.3) is 0 Å². The van der Waals surface area contributed by atoms with Crippen molar-refractivity contribution in [3.8, 4) is 5.75 Å². The lowest BCUT2D eigenvalue weighted by Crippen LogP contribution is -2.54. The maximum absolute atomic E-state index is 14.2. The molecule has 2 amide bonds. The van der Waals surface area contributed by atoms with Gasteiger partial charge in [0.25, 0.3) is 0 Å². The van der Waals surface area contributed by atoms with Crippen LogP contribution >= 0.6 is 34.8 Å². The van der Waals surface area contributed by atoms with E-state index in [2.05, 4.69) is 5.32 Å². The Labute approximate surface area is 262 Å². The maximum atomic E-state index is 14.2. The van der Waals surface area contributed by atoms with Crippen LogP contribution in [-0.4, -0.2) is 57.1 Å². The number of halogens is 3. The van der Waals surface area contributed by atoms with Crippen LogP contribution in [0.3, 0.4) is 0 Å². The number of benzene rings is 3. The van der Waals surface area contributed by atoms with Crippen LogP contribution in [0.2, 0.25) is 15.1 Å². The molecule has 12 heteroatoms. The molecule has 8 nitrogen and oxygen atoms in total. The summed E-state index contributed by atoms with van der Waals surface area (Å²) < 4.78 is 32.4. The van der Waals surface area contributed by atoms with Gasteiger partial charge in [0.05, 0.1) is 19.1 Å². The molecule has 0 aromatic heterocycles. The van der Waals surface area contributed by atoms with E-state index in [0.29, 0.717) is 22.0 Å². The second-order valence-electron chi connectivity index (χ2n) is 9.87. The highest BCUT2D eigenvalue weighted by Crippen LogP contribution is 2.33. The molecule has 0 fully saturated rings. The maximum Gasteiger partial charge on any atom is 0.244 e. The van der Waals surface area contributed by atoms with Gasteiger partial charge in [0.15, 0.2) is 0 Å². The highest BCUT2D eigenvalue weighted by atomic mass is 35.5. The van der Waals surface area contributed by atoms with E-state index in [1.165, 1.54) is 24.1 Å². The summed E-state index contributed by atoms with van der Waals surface area (Å²) in [5.74, 6) is -0.799. The molecule has 2 atom stereocenters. The summed E-state index contributed by atoms with van der Waals surface area (Å²) in [7, 11) is -2.62. The highest BCUT2D eigenvalue weighted by Gasteiger charge is 2.34.